The van der Waals surface area contributed by atoms with Crippen molar-refractivity contribution in [1.29, 1.82) is 0 Å². The third-order valence-corrected chi connectivity index (χ3v) is 6.63. The molecule has 0 radical (unpaired) electrons. The molecule has 7 heteroatoms. The van der Waals surface area contributed by atoms with Crippen LogP contribution >= 0.6 is 11.8 Å². The number of nitrogens with zero attached hydrogens (tertiary/aromatic N) is 1. The molecule has 1 aromatic carbocycles. The summed E-state index contributed by atoms with van der Waals surface area (Å²) in [6.07, 6.45) is 3.86. The normalized spacial score (nSPS) is 26.1. The first-order valence-electron chi connectivity index (χ1n) is 9.68. The van der Waals surface area contributed by atoms with Crippen LogP contribution < -0.4 is 10.6 Å². The Morgan fingerprint density at radius 1 is 1.18 bits per heavy atom. The van der Waals surface area contributed by atoms with E-state index < -0.39 is 0 Å². The average Bonchev–Trinajstić information content (AvgIpc) is 3.11. The molecule has 2 unspecified atom stereocenters. The number of benzene rings is 1. The maximum atomic E-state index is 12.7. The molecule has 148 valence electrons. The van der Waals surface area contributed by atoms with Gasteiger partial charge < -0.3 is 15.1 Å². The van der Waals surface area contributed by atoms with Crippen LogP contribution in [-0.4, -0.2) is 41.9 Å². The summed E-state index contributed by atoms with van der Waals surface area (Å²) in [7, 11) is 0. The smallest absolute Gasteiger partial charge is 0.251 e. The molecule has 1 aromatic heterocycles. The van der Waals surface area contributed by atoms with Gasteiger partial charge in [-0.2, -0.15) is 0 Å². The molecule has 2 N–H and O–H groups in total. The van der Waals surface area contributed by atoms with Gasteiger partial charge in [0.1, 0.15) is 6.26 Å². The predicted molar refractivity (Wildman–Crippen MR) is 109 cm³/mol. The molecular formula is C21H25N3O3S. The second kappa shape index (κ2) is 8.01. The molecule has 5 rings (SSSR count). The molecule has 0 saturated carbocycles. The summed E-state index contributed by atoms with van der Waals surface area (Å²) in [5.41, 5.74) is 1.31. The minimum atomic E-state index is -0.134. The summed E-state index contributed by atoms with van der Waals surface area (Å²) in [5, 5.41) is 6.63. The Balaban J connectivity index is 1.37. The van der Waals surface area contributed by atoms with Gasteiger partial charge in [0.05, 0.1) is 5.69 Å². The predicted octanol–water partition coefficient (Wildman–Crippen LogP) is 3.60. The fraction of sp³-hybridized carbons (Fsp3) is 0.429. The molecule has 28 heavy (non-hydrogen) atoms. The number of carbonyl (C=O) groups is 2. The molecule has 3 saturated heterocycles. The van der Waals surface area contributed by atoms with Crippen molar-refractivity contribution in [2.45, 2.75) is 48.8 Å². The molecule has 2 atom stereocenters. The van der Waals surface area contributed by atoms with Crippen LogP contribution in [0, 0.1) is 5.92 Å². The molecule has 0 aliphatic carbocycles. The number of anilines is 1. The average molecular weight is 400 g/mol. The van der Waals surface area contributed by atoms with E-state index in [4.69, 9.17) is 4.42 Å². The lowest BCUT2D eigenvalue weighted by molar-refractivity contribution is -0.114. The van der Waals surface area contributed by atoms with E-state index in [2.05, 4.69) is 22.5 Å². The van der Waals surface area contributed by atoms with Gasteiger partial charge in [-0.15, -0.1) is 0 Å². The highest BCUT2D eigenvalue weighted by Gasteiger charge is 2.40. The van der Waals surface area contributed by atoms with Crippen molar-refractivity contribution >= 4 is 29.3 Å². The van der Waals surface area contributed by atoms with E-state index in [9.17, 15) is 9.59 Å². The minimum Gasteiger partial charge on any atom is -0.456 e. The molecule has 3 fully saturated rings. The number of hydrogen-bond acceptors (Lipinski definition) is 5. The van der Waals surface area contributed by atoms with Crippen molar-refractivity contribution in [1.82, 2.24) is 10.2 Å². The van der Waals surface area contributed by atoms with Crippen LogP contribution in [0.15, 0.2) is 51.0 Å². The van der Waals surface area contributed by atoms with Gasteiger partial charge in [-0.1, -0.05) is 11.8 Å². The highest BCUT2D eigenvalue weighted by atomic mass is 32.2. The van der Waals surface area contributed by atoms with E-state index in [-0.39, 0.29) is 17.9 Å². The lowest BCUT2D eigenvalue weighted by atomic mass is 9.79. The van der Waals surface area contributed by atoms with Crippen LogP contribution in [-0.2, 0) is 4.79 Å². The van der Waals surface area contributed by atoms with Gasteiger partial charge in [0, 0.05) is 35.5 Å². The zero-order chi connectivity index (χ0) is 19.7. The van der Waals surface area contributed by atoms with Gasteiger partial charge in [0.2, 0.25) is 5.91 Å². The van der Waals surface area contributed by atoms with E-state index in [0.29, 0.717) is 28.3 Å². The number of carbonyl (C=O) groups excluding carboxylic acids is 2. The molecule has 6 nitrogen and oxygen atoms in total. The number of amides is 2. The summed E-state index contributed by atoms with van der Waals surface area (Å²) < 4.78 is 5.45. The van der Waals surface area contributed by atoms with E-state index in [0.717, 1.165) is 18.0 Å². The van der Waals surface area contributed by atoms with Crippen LogP contribution in [0.25, 0.3) is 0 Å². The lowest BCUT2D eigenvalue weighted by Gasteiger charge is -2.49. The van der Waals surface area contributed by atoms with Crippen molar-refractivity contribution in [3.8, 4) is 0 Å². The monoisotopic (exact) mass is 399 g/mol. The first-order valence-corrected chi connectivity index (χ1v) is 10.5. The van der Waals surface area contributed by atoms with Gasteiger partial charge in [0.25, 0.3) is 5.91 Å². The number of furan rings is 1. The minimum absolute atomic E-state index is 0.00640. The molecule has 3 aliphatic rings. The highest BCUT2D eigenvalue weighted by Crippen LogP contribution is 2.33. The summed E-state index contributed by atoms with van der Waals surface area (Å²) in [5.74, 6) is 0.452. The fourth-order valence-electron chi connectivity index (χ4n) is 4.21. The second-order valence-corrected chi connectivity index (χ2v) is 8.65. The Labute approximate surface area is 169 Å². The summed E-state index contributed by atoms with van der Waals surface area (Å²) in [6, 6.07) is 9.95. The summed E-state index contributed by atoms with van der Waals surface area (Å²) >= 11 is 1.45. The van der Waals surface area contributed by atoms with Crippen molar-refractivity contribution in [2.24, 2.45) is 5.92 Å². The summed E-state index contributed by atoms with van der Waals surface area (Å²) in [4.78, 5) is 27.2. The molecule has 2 amide bonds. The van der Waals surface area contributed by atoms with Gasteiger partial charge in [-0.25, -0.2) is 0 Å². The Hall–Kier alpha value is -2.25. The van der Waals surface area contributed by atoms with E-state index in [1.807, 2.05) is 24.3 Å². The Kier molecular flexibility index (Phi) is 5.46. The van der Waals surface area contributed by atoms with Gasteiger partial charge in [0.15, 0.2) is 5.09 Å². The van der Waals surface area contributed by atoms with E-state index in [1.165, 1.54) is 37.8 Å². The van der Waals surface area contributed by atoms with E-state index >= 15 is 0 Å². The second-order valence-electron chi connectivity index (χ2n) is 7.58. The zero-order valence-electron chi connectivity index (χ0n) is 16.1. The molecule has 0 spiro atoms. The third kappa shape index (κ3) is 4.10. The zero-order valence-corrected chi connectivity index (χ0v) is 16.9. The number of nitrogens with one attached hydrogen (secondary N) is 2. The Morgan fingerprint density at radius 3 is 2.54 bits per heavy atom. The quantitative estimate of drug-likeness (QED) is 0.804. The largest absolute Gasteiger partial charge is 0.456 e. The van der Waals surface area contributed by atoms with Crippen LogP contribution in [0.4, 0.5) is 5.69 Å². The van der Waals surface area contributed by atoms with Crippen LogP contribution in [0.5, 0.6) is 0 Å². The number of rotatable bonds is 5. The fourth-order valence-corrected chi connectivity index (χ4v) is 5.00. The SMILES string of the molecule is CC(=O)Nc1coc(Sc2ccc(C(=O)NC3C4CCN(CC4)C3C)cc2)c1. The summed E-state index contributed by atoms with van der Waals surface area (Å²) in [6.45, 7) is 5.98. The molecular weight excluding hydrogens is 374 g/mol. The molecule has 4 heterocycles. The highest BCUT2D eigenvalue weighted by molar-refractivity contribution is 7.99. The van der Waals surface area contributed by atoms with Gasteiger partial charge >= 0.3 is 0 Å². The van der Waals surface area contributed by atoms with Crippen LogP contribution in [0.3, 0.4) is 0 Å². The standard InChI is InChI=1S/C21H25N3O3S/c1-13-20(15-7-9-24(13)10-8-15)23-21(26)16-3-5-18(6-4-16)28-19-11-17(12-27-19)22-14(2)25/h3-6,11-13,15,20H,7-10H2,1-2H3,(H,22,25)(H,23,26). The third-order valence-electron chi connectivity index (χ3n) is 5.71. The van der Waals surface area contributed by atoms with Crippen LogP contribution in [0.2, 0.25) is 0 Å². The van der Waals surface area contributed by atoms with Gasteiger partial charge in [-0.05, 0) is 63.0 Å². The van der Waals surface area contributed by atoms with Crippen molar-refractivity contribution in [2.75, 3.05) is 18.4 Å². The maximum absolute atomic E-state index is 12.7. The molecule has 2 bridgehead atoms. The van der Waals surface area contributed by atoms with Crippen LogP contribution in [0.1, 0.15) is 37.0 Å². The van der Waals surface area contributed by atoms with Crippen molar-refractivity contribution in [3.63, 3.8) is 0 Å². The van der Waals surface area contributed by atoms with E-state index in [1.54, 1.807) is 6.07 Å². The first kappa shape index (κ1) is 19.1. The van der Waals surface area contributed by atoms with Crippen molar-refractivity contribution < 1.29 is 14.0 Å². The first-order chi connectivity index (χ1) is 13.5. The van der Waals surface area contributed by atoms with Gasteiger partial charge in [-0.3, -0.25) is 14.5 Å². The number of hydrogen-bond donors (Lipinski definition) is 2. The molecule has 3 aliphatic heterocycles. The van der Waals surface area contributed by atoms with Crippen molar-refractivity contribution in [3.05, 3.63) is 42.2 Å². The topological polar surface area (TPSA) is 74.6 Å². The molecule has 2 aromatic rings. The Bertz CT molecular complexity index is 854. The number of fused-ring (bicyclic) bond motifs is 3. The Morgan fingerprint density at radius 2 is 1.89 bits per heavy atom. The lowest BCUT2D eigenvalue weighted by Crippen LogP contribution is -2.62. The maximum Gasteiger partial charge on any atom is 0.251 e. The number of piperidine rings is 3.